The van der Waals surface area contributed by atoms with E-state index in [0.29, 0.717) is 34.2 Å². The molecule has 166 valence electrons. The van der Waals surface area contributed by atoms with Gasteiger partial charge in [0.2, 0.25) is 0 Å². The van der Waals surface area contributed by atoms with Crippen molar-refractivity contribution in [3.05, 3.63) is 49.3 Å². The van der Waals surface area contributed by atoms with E-state index in [0.717, 1.165) is 11.3 Å². The number of nitro benzene ring substituents is 1. The molecule has 0 spiro atoms. The lowest BCUT2D eigenvalue weighted by Gasteiger charge is -2.17. The first-order valence-electron chi connectivity index (χ1n) is 9.17. The average molecular weight is 485 g/mol. The van der Waals surface area contributed by atoms with Crippen molar-refractivity contribution in [2.45, 2.75) is 20.8 Å². The molecule has 0 aliphatic carbocycles. The molecule has 0 fully saturated rings. The summed E-state index contributed by atoms with van der Waals surface area (Å²) in [5.74, 6) is -0.808. The van der Waals surface area contributed by atoms with Gasteiger partial charge < -0.3 is 20.3 Å². The maximum absolute atomic E-state index is 12.8. The summed E-state index contributed by atoms with van der Waals surface area (Å²) in [6.07, 6.45) is 0. The van der Waals surface area contributed by atoms with Crippen LogP contribution in [0.15, 0.2) is 18.2 Å². The van der Waals surface area contributed by atoms with Crippen LogP contribution in [0.5, 0.6) is 0 Å². The van der Waals surface area contributed by atoms with Crippen molar-refractivity contribution in [3.63, 3.8) is 0 Å². The highest BCUT2D eigenvalue weighted by Crippen LogP contribution is 2.35. The van der Waals surface area contributed by atoms with Gasteiger partial charge in [-0.1, -0.05) is 11.6 Å². The third kappa shape index (κ3) is 5.49. The Balaban J connectivity index is 2.35. The topological polar surface area (TPSA) is 114 Å². The number of carbonyl (C=O) groups excluding carboxylic acids is 2. The first kappa shape index (κ1) is 24.5. The number of hydrogen-bond donors (Lipinski definition) is 2. The van der Waals surface area contributed by atoms with E-state index in [9.17, 15) is 19.7 Å². The molecule has 12 heteroatoms. The number of ether oxygens (including phenoxy) is 1. The molecule has 0 saturated heterocycles. The Hall–Kier alpha value is -2.76. The van der Waals surface area contributed by atoms with Crippen molar-refractivity contribution < 1.29 is 19.2 Å². The number of hydrogen-bond acceptors (Lipinski definition) is 7. The number of esters is 1. The lowest BCUT2D eigenvalue weighted by Crippen LogP contribution is -2.30. The monoisotopic (exact) mass is 484 g/mol. The van der Waals surface area contributed by atoms with Crippen molar-refractivity contribution >= 4 is 68.5 Å². The van der Waals surface area contributed by atoms with Gasteiger partial charge in [0.15, 0.2) is 5.11 Å². The average Bonchev–Trinajstić information content (AvgIpc) is 3.05. The Kier molecular flexibility index (Phi) is 8.31. The van der Waals surface area contributed by atoms with Crippen LogP contribution in [0.3, 0.4) is 0 Å². The molecular formula is C19H21ClN4O5S2. The van der Waals surface area contributed by atoms with Crippen molar-refractivity contribution in [1.29, 1.82) is 0 Å². The smallest absolute Gasteiger partial charge is 0.341 e. The number of amides is 1. The maximum atomic E-state index is 12.8. The van der Waals surface area contributed by atoms with Gasteiger partial charge in [0.25, 0.3) is 11.6 Å². The van der Waals surface area contributed by atoms with Crippen LogP contribution in [0.1, 0.15) is 39.4 Å². The van der Waals surface area contributed by atoms with E-state index in [1.54, 1.807) is 11.8 Å². The molecule has 0 atom stereocenters. The molecule has 2 rings (SSSR count). The van der Waals surface area contributed by atoms with Crippen LogP contribution in [-0.2, 0) is 4.74 Å². The zero-order chi connectivity index (χ0) is 23.3. The van der Waals surface area contributed by atoms with Gasteiger partial charge in [-0.2, -0.15) is 0 Å². The largest absolute Gasteiger partial charge is 0.465 e. The normalized spacial score (nSPS) is 10.4. The zero-order valence-electron chi connectivity index (χ0n) is 17.3. The van der Waals surface area contributed by atoms with Crippen molar-refractivity contribution in [2.24, 2.45) is 0 Å². The molecule has 0 aliphatic heterocycles. The third-order valence-electron chi connectivity index (χ3n) is 4.41. The minimum absolute atomic E-state index is 0.00385. The van der Waals surface area contributed by atoms with Crippen LogP contribution in [0.2, 0.25) is 5.02 Å². The third-order valence-corrected chi connectivity index (χ3v) is 6.13. The number of thiophene rings is 1. The fourth-order valence-corrected chi connectivity index (χ4v) is 4.44. The standard InChI is InChI=1S/C19H21ClN4O5S2/c1-5-23(6-2)17(25)15-10(3)14(18(26)29-4)16(31-15)22-19(30)21-11-7-8-12(20)13(9-11)24(27)28/h7-9H,5-6H2,1-4H3,(H2,21,22,30). The van der Waals surface area contributed by atoms with Gasteiger partial charge in [-0.05, 0) is 50.7 Å². The molecule has 31 heavy (non-hydrogen) atoms. The summed E-state index contributed by atoms with van der Waals surface area (Å²) in [7, 11) is 1.25. The molecule has 0 radical (unpaired) electrons. The lowest BCUT2D eigenvalue weighted by molar-refractivity contribution is -0.384. The van der Waals surface area contributed by atoms with E-state index in [4.69, 9.17) is 28.6 Å². The lowest BCUT2D eigenvalue weighted by atomic mass is 10.1. The Morgan fingerprint density at radius 1 is 1.29 bits per heavy atom. The van der Waals surface area contributed by atoms with Gasteiger partial charge in [-0.3, -0.25) is 14.9 Å². The second-order valence-electron chi connectivity index (χ2n) is 6.23. The summed E-state index contributed by atoms with van der Waals surface area (Å²) in [6.45, 7) is 6.46. The van der Waals surface area contributed by atoms with Crippen LogP contribution in [0.4, 0.5) is 16.4 Å². The number of rotatable bonds is 7. The Labute approximate surface area is 193 Å². The quantitative estimate of drug-likeness (QED) is 0.251. The summed E-state index contributed by atoms with van der Waals surface area (Å²) in [5.41, 5.74) is 0.750. The Bertz CT molecular complexity index is 1040. The second-order valence-corrected chi connectivity index (χ2v) is 8.07. The number of nitrogens with one attached hydrogen (secondary N) is 2. The van der Waals surface area contributed by atoms with Crippen LogP contribution in [-0.4, -0.2) is 47.0 Å². The molecular weight excluding hydrogens is 464 g/mol. The molecule has 1 aromatic heterocycles. The Morgan fingerprint density at radius 3 is 2.48 bits per heavy atom. The summed E-state index contributed by atoms with van der Waals surface area (Å²) in [6, 6.07) is 4.15. The molecule has 9 nitrogen and oxygen atoms in total. The fraction of sp³-hybridized carbons (Fsp3) is 0.316. The highest BCUT2D eigenvalue weighted by molar-refractivity contribution is 7.80. The van der Waals surface area contributed by atoms with E-state index in [1.165, 1.54) is 25.3 Å². The van der Waals surface area contributed by atoms with E-state index in [2.05, 4.69) is 10.6 Å². The number of nitro groups is 1. The van der Waals surface area contributed by atoms with E-state index in [-0.39, 0.29) is 27.3 Å². The number of anilines is 2. The van der Waals surface area contributed by atoms with Crippen molar-refractivity contribution in [1.82, 2.24) is 4.90 Å². The van der Waals surface area contributed by atoms with Crippen molar-refractivity contribution in [2.75, 3.05) is 30.8 Å². The first-order valence-corrected chi connectivity index (χ1v) is 10.8. The van der Waals surface area contributed by atoms with Gasteiger partial charge >= 0.3 is 5.97 Å². The highest BCUT2D eigenvalue weighted by Gasteiger charge is 2.27. The number of carbonyl (C=O) groups is 2. The summed E-state index contributed by atoms with van der Waals surface area (Å²) >= 11 is 12.2. The minimum Gasteiger partial charge on any atom is -0.465 e. The fourth-order valence-electron chi connectivity index (χ4n) is 2.80. The van der Waals surface area contributed by atoms with E-state index in [1.807, 2.05) is 13.8 Å². The van der Waals surface area contributed by atoms with Crippen molar-refractivity contribution in [3.8, 4) is 0 Å². The molecule has 0 unspecified atom stereocenters. The second kappa shape index (κ2) is 10.5. The summed E-state index contributed by atoms with van der Waals surface area (Å²) < 4.78 is 4.87. The SMILES string of the molecule is CCN(CC)C(=O)c1sc(NC(=S)Nc2ccc(Cl)c([N+](=O)[O-])c2)c(C(=O)OC)c1C. The van der Waals surface area contributed by atoms with E-state index < -0.39 is 10.9 Å². The van der Waals surface area contributed by atoms with Gasteiger partial charge in [-0.15, -0.1) is 11.3 Å². The van der Waals surface area contributed by atoms with Gasteiger partial charge in [0, 0.05) is 24.8 Å². The number of methoxy groups -OCH3 is 1. The van der Waals surface area contributed by atoms with Crippen LogP contribution in [0.25, 0.3) is 0 Å². The first-order chi connectivity index (χ1) is 14.6. The minimum atomic E-state index is -0.611. The van der Waals surface area contributed by atoms with Gasteiger partial charge in [0.1, 0.15) is 10.0 Å². The number of thiocarbonyl (C=S) groups is 1. The number of benzene rings is 1. The highest BCUT2D eigenvalue weighted by atomic mass is 35.5. The Morgan fingerprint density at radius 2 is 1.94 bits per heavy atom. The molecule has 2 N–H and O–H groups in total. The maximum Gasteiger partial charge on any atom is 0.341 e. The molecule has 2 aromatic rings. The predicted octanol–water partition coefficient (Wildman–Crippen LogP) is 4.70. The molecule has 1 amide bonds. The number of nitrogens with zero attached hydrogens (tertiary/aromatic N) is 2. The molecule has 1 aromatic carbocycles. The summed E-state index contributed by atoms with van der Waals surface area (Å²) in [5, 5.41) is 17.2. The van der Waals surface area contributed by atoms with Crippen LogP contribution < -0.4 is 10.6 Å². The van der Waals surface area contributed by atoms with Gasteiger partial charge in [0.05, 0.1) is 22.5 Å². The summed E-state index contributed by atoms with van der Waals surface area (Å²) in [4.78, 5) is 37.7. The zero-order valence-corrected chi connectivity index (χ0v) is 19.7. The molecule has 0 saturated carbocycles. The van der Waals surface area contributed by atoms with Crippen LogP contribution >= 0.6 is 35.2 Å². The predicted molar refractivity (Wildman–Crippen MR) is 126 cm³/mol. The molecule has 0 aliphatic rings. The number of halogens is 1. The molecule has 1 heterocycles. The van der Waals surface area contributed by atoms with E-state index >= 15 is 0 Å². The van der Waals surface area contributed by atoms with Crippen LogP contribution in [0, 0.1) is 17.0 Å². The molecule has 0 bridgehead atoms. The van der Waals surface area contributed by atoms with Gasteiger partial charge in [-0.25, -0.2) is 4.79 Å².